The van der Waals surface area contributed by atoms with Gasteiger partial charge in [-0.05, 0) is 67.1 Å². The van der Waals surface area contributed by atoms with Crippen molar-refractivity contribution in [3.63, 3.8) is 0 Å². The Bertz CT molecular complexity index is 1970. The van der Waals surface area contributed by atoms with Gasteiger partial charge in [-0.25, -0.2) is 0 Å². The number of rotatable bonds is 2. The van der Waals surface area contributed by atoms with Crippen molar-refractivity contribution in [3.05, 3.63) is 104 Å². The van der Waals surface area contributed by atoms with E-state index in [0.717, 1.165) is 0 Å². The molecular formula is C34H28O9. The number of carbonyl (C=O) groups excluding carboxylic acids is 2. The topological polar surface area (TPSA) is 154 Å². The average molecular weight is 581 g/mol. The molecule has 0 amide bonds. The molecule has 5 N–H and O–H groups in total. The van der Waals surface area contributed by atoms with Crippen molar-refractivity contribution >= 4 is 11.6 Å². The Morgan fingerprint density at radius 1 is 0.605 bits per heavy atom. The number of methoxy groups -OCH3 is 2. The van der Waals surface area contributed by atoms with E-state index < -0.39 is 28.3 Å². The van der Waals surface area contributed by atoms with Crippen molar-refractivity contribution in [3.8, 4) is 34.5 Å². The molecule has 0 aromatic heterocycles. The van der Waals surface area contributed by atoms with Crippen molar-refractivity contribution < 1.29 is 44.6 Å². The van der Waals surface area contributed by atoms with Crippen LogP contribution in [-0.2, 0) is 11.0 Å². The zero-order valence-electron chi connectivity index (χ0n) is 23.8. The number of ketones is 2. The zero-order chi connectivity index (χ0) is 30.7. The van der Waals surface area contributed by atoms with Crippen molar-refractivity contribution in [2.24, 2.45) is 0 Å². The van der Waals surface area contributed by atoms with E-state index in [-0.39, 0.29) is 75.0 Å². The fourth-order valence-electron chi connectivity index (χ4n) is 7.66. The van der Waals surface area contributed by atoms with Crippen LogP contribution in [0.2, 0.25) is 0 Å². The van der Waals surface area contributed by atoms with Crippen LogP contribution < -0.4 is 9.47 Å². The van der Waals surface area contributed by atoms with Crippen LogP contribution >= 0.6 is 0 Å². The highest BCUT2D eigenvalue weighted by molar-refractivity contribution is 6.19. The first-order valence-corrected chi connectivity index (χ1v) is 13.7. The molecule has 2 unspecified atom stereocenters. The smallest absolute Gasteiger partial charge is 0.201 e. The van der Waals surface area contributed by atoms with E-state index in [1.165, 1.54) is 38.5 Å². The maximum absolute atomic E-state index is 14.1. The minimum atomic E-state index is -1.86. The SMILES string of the molecule is COc1cc(O)c2c(c1)C1(CCC3(O)c4cc(C)cc(O)c4C(=O)c4c(O)cc(OC)c1c43)c1cc(C)cc(O)c1C2=O. The molecule has 2 atom stereocenters. The Labute approximate surface area is 246 Å². The predicted octanol–water partition coefficient (Wildman–Crippen LogP) is 4.60. The molecule has 3 aliphatic rings. The highest BCUT2D eigenvalue weighted by Crippen LogP contribution is 2.64. The number of phenols is 4. The molecule has 0 aliphatic heterocycles. The lowest BCUT2D eigenvalue weighted by atomic mass is 9.52. The van der Waals surface area contributed by atoms with Gasteiger partial charge in [0.05, 0.1) is 41.9 Å². The summed E-state index contributed by atoms with van der Waals surface area (Å²) in [5.41, 5.74) is -1.05. The number of carbonyl (C=O) groups is 2. The van der Waals surface area contributed by atoms with Gasteiger partial charge in [0, 0.05) is 28.8 Å². The number of ether oxygens (including phenoxy) is 2. The van der Waals surface area contributed by atoms with Crippen molar-refractivity contribution in [1.82, 2.24) is 0 Å². The minimum absolute atomic E-state index is 0.0242. The summed E-state index contributed by atoms with van der Waals surface area (Å²) in [5, 5.41) is 57.2. The van der Waals surface area contributed by atoms with Gasteiger partial charge in [0.15, 0.2) is 0 Å². The minimum Gasteiger partial charge on any atom is -0.507 e. The number of aryl methyl sites for hydroxylation is 2. The second kappa shape index (κ2) is 8.52. The van der Waals surface area contributed by atoms with Crippen LogP contribution in [0.5, 0.6) is 34.5 Å². The summed E-state index contributed by atoms with van der Waals surface area (Å²) < 4.78 is 11.3. The molecule has 43 heavy (non-hydrogen) atoms. The molecule has 4 aromatic carbocycles. The van der Waals surface area contributed by atoms with E-state index in [1.807, 2.05) is 0 Å². The fraction of sp³-hybridized carbons (Fsp3) is 0.235. The molecule has 0 heterocycles. The van der Waals surface area contributed by atoms with Gasteiger partial charge in [-0.3, -0.25) is 9.59 Å². The largest absolute Gasteiger partial charge is 0.507 e. The molecule has 1 spiro atoms. The molecule has 0 saturated carbocycles. The zero-order valence-corrected chi connectivity index (χ0v) is 23.8. The summed E-state index contributed by atoms with van der Waals surface area (Å²) in [6.45, 7) is 3.50. The van der Waals surface area contributed by atoms with Gasteiger partial charge in [0.1, 0.15) is 40.1 Å². The van der Waals surface area contributed by atoms with E-state index in [0.29, 0.717) is 27.8 Å². The second-order valence-electron chi connectivity index (χ2n) is 11.6. The molecule has 0 bridgehead atoms. The summed E-state index contributed by atoms with van der Waals surface area (Å²) in [6, 6.07) is 10.5. The van der Waals surface area contributed by atoms with Crippen molar-refractivity contribution in [1.29, 1.82) is 0 Å². The summed E-state index contributed by atoms with van der Waals surface area (Å²) >= 11 is 0. The molecule has 0 fully saturated rings. The fourth-order valence-corrected chi connectivity index (χ4v) is 7.66. The first-order valence-electron chi connectivity index (χ1n) is 13.7. The van der Waals surface area contributed by atoms with E-state index in [1.54, 1.807) is 32.0 Å². The standard InChI is InChI=1S/C34H28O9/c1-14-7-17-25(20(35)9-14)31(39)26-18(11-16(42-3)12-22(26)37)33(17)5-6-34(41)19-8-15(2)10-21(36)27(19)32(40)28-23(38)13-24(43-4)29(33)30(28)34/h7-13,35-38,41H,5-6H2,1-4H3. The summed E-state index contributed by atoms with van der Waals surface area (Å²) in [4.78, 5) is 28.1. The van der Waals surface area contributed by atoms with Crippen LogP contribution in [0.25, 0.3) is 0 Å². The van der Waals surface area contributed by atoms with Crippen LogP contribution in [0.3, 0.4) is 0 Å². The Balaban J connectivity index is 1.73. The average Bonchev–Trinajstić information content (AvgIpc) is 2.94. The number of aromatic hydroxyl groups is 4. The Morgan fingerprint density at radius 3 is 1.72 bits per heavy atom. The van der Waals surface area contributed by atoms with Crippen molar-refractivity contribution in [2.75, 3.05) is 14.2 Å². The number of benzene rings is 4. The molecule has 0 saturated heterocycles. The predicted molar refractivity (Wildman–Crippen MR) is 154 cm³/mol. The molecule has 9 heteroatoms. The van der Waals surface area contributed by atoms with Gasteiger partial charge in [-0.2, -0.15) is 0 Å². The van der Waals surface area contributed by atoms with Gasteiger partial charge in [0.25, 0.3) is 0 Å². The Hall–Kier alpha value is -5.02. The molecule has 4 aromatic rings. The summed E-state index contributed by atoms with van der Waals surface area (Å²) in [5.74, 6) is -2.30. The van der Waals surface area contributed by atoms with Crippen LogP contribution in [-0.4, -0.2) is 51.3 Å². The van der Waals surface area contributed by atoms with Gasteiger partial charge in [-0.1, -0.05) is 12.1 Å². The molecule has 218 valence electrons. The first kappa shape index (κ1) is 26.9. The second-order valence-corrected chi connectivity index (χ2v) is 11.6. The third-order valence-corrected chi connectivity index (χ3v) is 9.32. The highest BCUT2D eigenvalue weighted by Gasteiger charge is 2.59. The normalized spacial score (nSPS) is 21.1. The van der Waals surface area contributed by atoms with E-state index in [4.69, 9.17) is 9.47 Å². The molecule has 3 aliphatic carbocycles. The maximum Gasteiger partial charge on any atom is 0.201 e. The lowest BCUT2D eigenvalue weighted by Crippen LogP contribution is -2.48. The number of hydrogen-bond donors (Lipinski definition) is 5. The lowest BCUT2D eigenvalue weighted by Gasteiger charge is -2.51. The van der Waals surface area contributed by atoms with Crippen LogP contribution in [0, 0.1) is 13.8 Å². The van der Waals surface area contributed by atoms with Crippen LogP contribution in [0.4, 0.5) is 0 Å². The van der Waals surface area contributed by atoms with Crippen molar-refractivity contribution in [2.45, 2.75) is 37.7 Å². The van der Waals surface area contributed by atoms with Gasteiger partial charge in [-0.15, -0.1) is 0 Å². The van der Waals surface area contributed by atoms with Crippen LogP contribution in [0.1, 0.15) is 83.6 Å². The van der Waals surface area contributed by atoms with Gasteiger partial charge < -0.3 is 35.0 Å². The molecule has 0 radical (unpaired) electrons. The van der Waals surface area contributed by atoms with Gasteiger partial charge >= 0.3 is 0 Å². The molecular weight excluding hydrogens is 552 g/mol. The Kier molecular flexibility index (Phi) is 5.32. The maximum atomic E-state index is 14.1. The highest BCUT2D eigenvalue weighted by atomic mass is 16.5. The van der Waals surface area contributed by atoms with Crippen LogP contribution in [0.15, 0.2) is 42.5 Å². The summed E-state index contributed by atoms with van der Waals surface area (Å²) in [7, 11) is 2.82. The third kappa shape index (κ3) is 3.14. The first-order chi connectivity index (χ1) is 20.4. The van der Waals surface area contributed by atoms with E-state index >= 15 is 0 Å². The number of hydrogen-bond acceptors (Lipinski definition) is 9. The van der Waals surface area contributed by atoms with E-state index in [9.17, 15) is 35.1 Å². The molecule has 7 rings (SSSR count). The Morgan fingerprint density at radius 2 is 1.12 bits per heavy atom. The number of fused-ring (bicyclic) bond motifs is 7. The lowest BCUT2D eigenvalue weighted by molar-refractivity contribution is 0.0460. The number of aliphatic hydroxyl groups is 1. The van der Waals surface area contributed by atoms with Gasteiger partial charge in [0.2, 0.25) is 11.6 Å². The van der Waals surface area contributed by atoms with E-state index in [2.05, 4.69) is 0 Å². The number of phenolic OH excluding ortho intramolecular Hbond substituents is 4. The summed E-state index contributed by atoms with van der Waals surface area (Å²) in [6.07, 6.45) is 0.0880. The molecule has 9 nitrogen and oxygen atoms in total. The quantitative estimate of drug-likeness (QED) is 0.229. The third-order valence-electron chi connectivity index (χ3n) is 9.32. The monoisotopic (exact) mass is 580 g/mol.